The number of carbonyl (C=O) groups is 1. The van der Waals surface area contributed by atoms with E-state index in [1.54, 1.807) is 0 Å². The normalized spacial score (nSPS) is 10.6. The zero-order valence-electron chi connectivity index (χ0n) is 9.18. The molecule has 0 bridgehead atoms. The predicted molar refractivity (Wildman–Crippen MR) is 63.8 cm³/mol. The van der Waals surface area contributed by atoms with Crippen molar-refractivity contribution < 1.29 is 22.4 Å². The van der Waals surface area contributed by atoms with Gasteiger partial charge in [-0.1, -0.05) is 6.07 Å². The molecule has 0 aliphatic heterocycles. The van der Waals surface area contributed by atoms with Gasteiger partial charge in [-0.2, -0.15) is 0 Å². The van der Waals surface area contributed by atoms with Crippen LogP contribution in [-0.4, -0.2) is 5.78 Å². The van der Waals surface area contributed by atoms with Crippen LogP contribution in [0.5, 0.6) is 0 Å². The Hall–Kier alpha value is -1.69. The van der Waals surface area contributed by atoms with Crippen LogP contribution < -0.4 is 0 Å². The Morgan fingerprint density at radius 2 is 1.37 bits per heavy atom. The SMILES string of the molecule is O=C(c1c(F)cccc1F)c1c(F)ccc(Br)c1F. The van der Waals surface area contributed by atoms with E-state index in [9.17, 15) is 22.4 Å². The standard InChI is InChI=1S/C13H5BrF4O/c14-6-4-5-9(17)11(12(6)18)13(19)10-7(15)2-1-3-8(10)16/h1-5H. The van der Waals surface area contributed by atoms with E-state index < -0.39 is 40.2 Å². The summed E-state index contributed by atoms with van der Waals surface area (Å²) in [5.74, 6) is -6.12. The summed E-state index contributed by atoms with van der Waals surface area (Å²) in [6, 6.07) is 4.61. The van der Waals surface area contributed by atoms with Gasteiger partial charge in [0.2, 0.25) is 5.78 Å². The molecule has 0 spiro atoms. The Bertz CT molecular complexity index is 650. The van der Waals surface area contributed by atoms with Gasteiger partial charge in [0.05, 0.1) is 15.6 Å². The number of rotatable bonds is 2. The molecular formula is C13H5BrF4O. The number of ketones is 1. The van der Waals surface area contributed by atoms with Gasteiger partial charge in [0.25, 0.3) is 0 Å². The lowest BCUT2D eigenvalue weighted by Crippen LogP contribution is -2.12. The van der Waals surface area contributed by atoms with Gasteiger partial charge in [-0.15, -0.1) is 0 Å². The predicted octanol–water partition coefficient (Wildman–Crippen LogP) is 4.24. The van der Waals surface area contributed by atoms with Gasteiger partial charge in [-0.3, -0.25) is 4.79 Å². The molecule has 0 unspecified atom stereocenters. The van der Waals surface area contributed by atoms with Crippen LogP contribution >= 0.6 is 15.9 Å². The molecule has 6 heteroatoms. The monoisotopic (exact) mass is 332 g/mol. The largest absolute Gasteiger partial charge is 0.288 e. The first kappa shape index (κ1) is 13.7. The van der Waals surface area contributed by atoms with Crippen molar-refractivity contribution in [2.75, 3.05) is 0 Å². The van der Waals surface area contributed by atoms with Crippen molar-refractivity contribution in [1.29, 1.82) is 0 Å². The molecule has 0 fully saturated rings. The van der Waals surface area contributed by atoms with E-state index >= 15 is 0 Å². The first-order valence-electron chi connectivity index (χ1n) is 5.05. The number of hydrogen-bond donors (Lipinski definition) is 0. The quantitative estimate of drug-likeness (QED) is 0.457. The van der Waals surface area contributed by atoms with E-state index in [1.165, 1.54) is 0 Å². The van der Waals surface area contributed by atoms with Crippen molar-refractivity contribution in [2.45, 2.75) is 0 Å². The topological polar surface area (TPSA) is 17.1 Å². The Morgan fingerprint density at radius 1 is 0.842 bits per heavy atom. The van der Waals surface area contributed by atoms with Crippen LogP contribution in [0.15, 0.2) is 34.8 Å². The Kier molecular flexibility index (Phi) is 3.71. The van der Waals surface area contributed by atoms with Crippen LogP contribution in [0.4, 0.5) is 17.6 Å². The fourth-order valence-electron chi connectivity index (χ4n) is 1.57. The van der Waals surface area contributed by atoms with Crippen molar-refractivity contribution in [2.24, 2.45) is 0 Å². The van der Waals surface area contributed by atoms with Crippen LogP contribution in [0.2, 0.25) is 0 Å². The maximum Gasteiger partial charge on any atom is 0.204 e. The highest BCUT2D eigenvalue weighted by atomic mass is 79.9. The second-order valence-corrected chi connectivity index (χ2v) is 4.50. The molecule has 0 heterocycles. The molecule has 1 nitrogen and oxygen atoms in total. The van der Waals surface area contributed by atoms with Crippen LogP contribution in [0, 0.1) is 23.3 Å². The smallest absolute Gasteiger partial charge is 0.204 e. The summed E-state index contributed by atoms with van der Waals surface area (Å²) >= 11 is 2.78. The van der Waals surface area contributed by atoms with Gasteiger partial charge < -0.3 is 0 Å². The highest BCUT2D eigenvalue weighted by molar-refractivity contribution is 9.10. The van der Waals surface area contributed by atoms with E-state index in [1.807, 2.05) is 0 Å². The average Bonchev–Trinajstić information content (AvgIpc) is 2.34. The fourth-order valence-corrected chi connectivity index (χ4v) is 1.91. The molecule has 2 aromatic rings. The number of hydrogen-bond acceptors (Lipinski definition) is 1. The van der Waals surface area contributed by atoms with E-state index in [0.717, 1.165) is 30.3 Å². The van der Waals surface area contributed by atoms with Crippen molar-refractivity contribution >= 4 is 21.7 Å². The molecule has 0 N–H and O–H groups in total. The van der Waals surface area contributed by atoms with Crippen LogP contribution in [0.3, 0.4) is 0 Å². The summed E-state index contributed by atoms with van der Waals surface area (Å²) in [5, 5.41) is 0. The third-order valence-electron chi connectivity index (χ3n) is 2.46. The zero-order valence-corrected chi connectivity index (χ0v) is 10.8. The van der Waals surface area contributed by atoms with Gasteiger partial charge in [0, 0.05) is 0 Å². The van der Waals surface area contributed by atoms with Crippen LogP contribution in [0.1, 0.15) is 15.9 Å². The summed E-state index contributed by atoms with van der Waals surface area (Å²) in [4.78, 5) is 11.9. The summed E-state index contributed by atoms with van der Waals surface area (Å²) in [6.45, 7) is 0. The average molecular weight is 333 g/mol. The molecule has 2 rings (SSSR count). The van der Waals surface area contributed by atoms with Gasteiger partial charge in [-0.25, -0.2) is 17.6 Å². The van der Waals surface area contributed by atoms with Crippen LogP contribution in [-0.2, 0) is 0 Å². The molecule has 0 amide bonds. The molecule has 98 valence electrons. The second-order valence-electron chi connectivity index (χ2n) is 3.64. The number of halogens is 5. The van der Waals surface area contributed by atoms with Crippen molar-refractivity contribution in [1.82, 2.24) is 0 Å². The van der Waals surface area contributed by atoms with Gasteiger partial charge >= 0.3 is 0 Å². The first-order valence-corrected chi connectivity index (χ1v) is 5.85. The van der Waals surface area contributed by atoms with E-state index in [4.69, 9.17) is 0 Å². The molecule has 0 aromatic heterocycles. The van der Waals surface area contributed by atoms with Gasteiger partial charge in [-0.05, 0) is 40.2 Å². The summed E-state index contributed by atoms with van der Waals surface area (Å²) < 4.78 is 53.9. The highest BCUT2D eigenvalue weighted by Crippen LogP contribution is 2.25. The van der Waals surface area contributed by atoms with E-state index in [-0.39, 0.29) is 4.47 Å². The van der Waals surface area contributed by atoms with E-state index in [0.29, 0.717) is 0 Å². The van der Waals surface area contributed by atoms with Gasteiger partial charge in [0.1, 0.15) is 17.5 Å². The summed E-state index contributed by atoms with van der Waals surface area (Å²) in [6.07, 6.45) is 0. The minimum atomic E-state index is -1.38. The molecular weight excluding hydrogens is 328 g/mol. The third-order valence-corrected chi connectivity index (χ3v) is 3.07. The van der Waals surface area contributed by atoms with E-state index in [2.05, 4.69) is 15.9 Å². The summed E-state index contributed by atoms with van der Waals surface area (Å²) in [5.41, 5.74) is -1.99. The highest BCUT2D eigenvalue weighted by Gasteiger charge is 2.25. The molecule has 0 aliphatic rings. The Morgan fingerprint density at radius 3 is 1.95 bits per heavy atom. The minimum Gasteiger partial charge on any atom is -0.288 e. The molecule has 0 saturated carbocycles. The Balaban J connectivity index is 2.67. The zero-order chi connectivity index (χ0) is 14.2. The summed E-state index contributed by atoms with van der Waals surface area (Å²) in [7, 11) is 0. The fraction of sp³-hybridized carbons (Fsp3) is 0. The molecule has 0 aliphatic carbocycles. The number of carbonyl (C=O) groups excluding carboxylic acids is 1. The number of benzene rings is 2. The second kappa shape index (κ2) is 5.13. The lowest BCUT2D eigenvalue weighted by atomic mass is 10.0. The third kappa shape index (κ3) is 2.40. The van der Waals surface area contributed by atoms with Gasteiger partial charge in [0.15, 0.2) is 5.82 Å². The van der Waals surface area contributed by atoms with Crippen molar-refractivity contribution in [3.05, 3.63) is 69.2 Å². The molecule has 0 atom stereocenters. The first-order chi connectivity index (χ1) is 8.93. The molecule has 2 aromatic carbocycles. The Labute approximate surface area is 114 Å². The molecule has 0 radical (unpaired) electrons. The maximum absolute atomic E-state index is 13.7. The lowest BCUT2D eigenvalue weighted by molar-refractivity contribution is 0.102. The van der Waals surface area contributed by atoms with Crippen molar-refractivity contribution in [3.8, 4) is 0 Å². The molecule has 0 saturated heterocycles. The maximum atomic E-state index is 13.7. The van der Waals surface area contributed by atoms with Crippen molar-refractivity contribution in [3.63, 3.8) is 0 Å². The molecule has 19 heavy (non-hydrogen) atoms. The minimum absolute atomic E-state index is 0.172. The van der Waals surface area contributed by atoms with Crippen LogP contribution in [0.25, 0.3) is 0 Å². The lowest BCUT2D eigenvalue weighted by Gasteiger charge is -2.07.